The molecule has 1 aromatic heterocycles. The minimum absolute atomic E-state index is 0.164. The molecule has 3 nitrogen and oxygen atoms in total. The highest BCUT2D eigenvalue weighted by Gasteiger charge is 2.42. The summed E-state index contributed by atoms with van der Waals surface area (Å²) in [5, 5.41) is 4.41. The maximum Gasteiger partial charge on any atom is 0.0855 e. The van der Waals surface area contributed by atoms with Crippen molar-refractivity contribution in [2.24, 2.45) is 0 Å². The fourth-order valence-electron chi connectivity index (χ4n) is 3.91. The van der Waals surface area contributed by atoms with Crippen LogP contribution in [0.1, 0.15) is 17.7 Å². The highest BCUT2D eigenvalue weighted by molar-refractivity contribution is 9.10. The van der Waals surface area contributed by atoms with Gasteiger partial charge in [0.05, 0.1) is 10.1 Å². The number of nitrogens with one attached hydrogen (secondary N) is 1. The summed E-state index contributed by atoms with van der Waals surface area (Å²) in [5.41, 5.74) is 2.76. The number of rotatable bonds is 2. The van der Waals surface area contributed by atoms with Crippen LogP contribution in [-0.4, -0.2) is 29.1 Å². The molecule has 2 aliphatic heterocycles. The van der Waals surface area contributed by atoms with Crippen molar-refractivity contribution in [3.63, 3.8) is 0 Å². The Hall–Kier alpha value is -0.810. The Morgan fingerprint density at radius 3 is 2.86 bits per heavy atom. The van der Waals surface area contributed by atoms with E-state index in [2.05, 4.69) is 55.0 Å². The molecule has 1 saturated heterocycles. The zero-order valence-corrected chi connectivity index (χ0v) is 14.7. The average Bonchev–Trinajstić information content (AvgIpc) is 3.10. The first kappa shape index (κ1) is 14.8. The lowest BCUT2D eigenvalue weighted by Gasteiger charge is -2.43. The van der Waals surface area contributed by atoms with E-state index in [9.17, 15) is 0 Å². The monoisotopic (exact) mass is 379 g/mol. The number of halogens is 2. The third kappa shape index (κ3) is 2.42. The van der Waals surface area contributed by atoms with E-state index in [0.717, 1.165) is 37.7 Å². The average molecular weight is 381 g/mol. The number of fused-ring (bicyclic) bond motifs is 2. The maximum absolute atomic E-state index is 6.35. The molecule has 1 aromatic carbocycles. The summed E-state index contributed by atoms with van der Waals surface area (Å²) < 4.78 is 3.69. The van der Waals surface area contributed by atoms with Crippen molar-refractivity contribution < 1.29 is 0 Å². The van der Waals surface area contributed by atoms with Crippen LogP contribution in [0.5, 0.6) is 0 Å². The first-order chi connectivity index (χ1) is 10.7. The lowest BCUT2D eigenvalue weighted by atomic mass is 9.94. The fourth-order valence-corrected chi connectivity index (χ4v) is 4.85. The van der Waals surface area contributed by atoms with E-state index in [0.29, 0.717) is 0 Å². The van der Waals surface area contributed by atoms with E-state index in [4.69, 9.17) is 11.6 Å². The van der Waals surface area contributed by atoms with Gasteiger partial charge in [0, 0.05) is 36.9 Å². The molecule has 0 bridgehead atoms. The summed E-state index contributed by atoms with van der Waals surface area (Å²) in [5.74, 6) is 0. The molecule has 4 rings (SSSR count). The van der Waals surface area contributed by atoms with E-state index in [-0.39, 0.29) is 5.54 Å². The summed E-state index contributed by atoms with van der Waals surface area (Å²) in [4.78, 5) is 2.52. The zero-order valence-electron chi connectivity index (χ0n) is 12.4. The highest BCUT2D eigenvalue weighted by atomic mass is 79.9. The van der Waals surface area contributed by atoms with Crippen LogP contribution in [0.2, 0.25) is 5.02 Å². The molecule has 3 heterocycles. The Morgan fingerprint density at radius 2 is 2.09 bits per heavy atom. The summed E-state index contributed by atoms with van der Waals surface area (Å²) in [6.45, 7) is 5.06. The van der Waals surface area contributed by atoms with Crippen LogP contribution in [0.4, 0.5) is 0 Å². The molecule has 5 heteroatoms. The van der Waals surface area contributed by atoms with Crippen LogP contribution in [0.25, 0.3) is 0 Å². The lowest BCUT2D eigenvalue weighted by Crippen LogP contribution is -2.51. The van der Waals surface area contributed by atoms with Crippen molar-refractivity contribution in [1.29, 1.82) is 0 Å². The largest absolute Gasteiger partial charge is 0.329 e. The first-order valence-corrected chi connectivity index (χ1v) is 8.88. The molecular weight excluding hydrogens is 362 g/mol. The summed E-state index contributed by atoms with van der Waals surface area (Å²) in [6.07, 6.45) is 1.17. The number of aromatic nitrogens is 1. The molecule has 0 radical (unpaired) electrons. The third-order valence-electron chi connectivity index (χ3n) is 4.86. The second kappa shape index (κ2) is 5.68. The third-order valence-corrected chi connectivity index (χ3v) is 5.85. The molecule has 1 N–H and O–H groups in total. The topological polar surface area (TPSA) is 20.2 Å². The van der Waals surface area contributed by atoms with E-state index < -0.39 is 0 Å². The van der Waals surface area contributed by atoms with E-state index in [1.165, 1.54) is 22.3 Å². The van der Waals surface area contributed by atoms with Gasteiger partial charge in [0.15, 0.2) is 0 Å². The smallest absolute Gasteiger partial charge is 0.0855 e. The van der Waals surface area contributed by atoms with Gasteiger partial charge < -0.3 is 9.88 Å². The molecule has 1 spiro atoms. The van der Waals surface area contributed by atoms with E-state index >= 15 is 0 Å². The van der Waals surface area contributed by atoms with Crippen molar-refractivity contribution in [1.82, 2.24) is 14.8 Å². The van der Waals surface area contributed by atoms with Gasteiger partial charge in [0.25, 0.3) is 0 Å². The van der Waals surface area contributed by atoms with Crippen LogP contribution >= 0.6 is 27.5 Å². The van der Waals surface area contributed by atoms with Gasteiger partial charge in [0.2, 0.25) is 0 Å². The Labute approximate surface area is 144 Å². The Morgan fingerprint density at radius 1 is 1.23 bits per heavy atom. The highest BCUT2D eigenvalue weighted by Crippen LogP contribution is 2.37. The van der Waals surface area contributed by atoms with Crippen LogP contribution in [0.15, 0.2) is 41.0 Å². The number of hydrogen-bond acceptors (Lipinski definition) is 2. The molecule has 1 unspecified atom stereocenters. The molecule has 0 aliphatic carbocycles. The molecule has 1 fully saturated rings. The van der Waals surface area contributed by atoms with Crippen LogP contribution in [0.3, 0.4) is 0 Å². The summed E-state index contributed by atoms with van der Waals surface area (Å²) in [6, 6.07) is 12.6. The van der Waals surface area contributed by atoms with Gasteiger partial charge in [-0.05, 0) is 52.7 Å². The number of nitrogens with zero attached hydrogens (tertiary/aromatic N) is 2. The van der Waals surface area contributed by atoms with Gasteiger partial charge in [-0.3, -0.25) is 4.90 Å². The van der Waals surface area contributed by atoms with Crippen molar-refractivity contribution in [2.75, 3.05) is 19.6 Å². The molecule has 1 atom stereocenters. The van der Waals surface area contributed by atoms with Gasteiger partial charge in [-0.1, -0.05) is 29.8 Å². The van der Waals surface area contributed by atoms with Crippen molar-refractivity contribution >= 4 is 27.5 Å². The molecule has 0 saturated carbocycles. The van der Waals surface area contributed by atoms with Crippen LogP contribution in [-0.2, 0) is 18.6 Å². The minimum Gasteiger partial charge on any atom is -0.329 e. The lowest BCUT2D eigenvalue weighted by molar-refractivity contribution is 0.112. The van der Waals surface area contributed by atoms with Gasteiger partial charge in [-0.25, -0.2) is 0 Å². The Bertz CT molecular complexity index is 691. The maximum atomic E-state index is 6.35. The molecule has 2 aliphatic rings. The normalized spacial score (nSPS) is 24.8. The van der Waals surface area contributed by atoms with E-state index in [1.807, 2.05) is 12.1 Å². The molecule has 22 heavy (non-hydrogen) atoms. The minimum atomic E-state index is 0.164. The first-order valence-electron chi connectivity index (χ1n) is 7.71. The van der Waals surface area contributed by atoms with Gasteiger partial charge >= 0.3 is 0 Å². The molecule has 116 valence electrons. The predicted molar refractivity (Wildman–Crippen MR) is 93.2 cm³/mol. The van der Waals surface area contributed by atoms with Gasteiger partial charge in [0.1, 0.15) is 0 Å². The number of benzene rings is 1. The second-order valence-electron chi connectivity index (χ2n) is 6.37. The standard InChI is InChI=1S/C17H19BrClN3/c18-16-6-5-14-10-21(9-13-3-1-2-4-15(13)19)12-17(22(14)16)7-8-20-11-17/h1-6,20H,7-12H2. The van der Waals surface area contributed by atoms with Gasteiger partial charge in [-0.15, -0.1) is 0 Å². The Balaban J connectivity index is 1.66. The Kier molecular flexibility index (Phi) is 3.81. The molecule has 2 aromatic rings. The van der Waals surface area contributed by atoms with Crippen molar-refractivity contribution in [3.05, 3.63) is 57.3 Å². The summed E-state index contributed by atoms with van der Waals surface area (Å²) >= 11 is 10.1. The van der Waals surface area contributed by atoms with E-state index in [1.54, 1.807) is 0 Å². The second-order valence-corrected chi connectivity index (χ2v) is 7.59. The molecular formula is C17H19BrClN3. The van der Waals surface area contributed by atoms with Gasteiger partial charge in [-0.2, -0.15) is 0 Å². The number of hydrogen-bond donors (Lipinski definition) is 1. The SMILES string of the molecule is Clc1ccccc1CN1Cc2ccc(Br)n2C2(CCNC2)C1. The van der Waals surface area contributed by atoms with Crippen molar-refractivity contribution in [2.45, 2.75) is 25.0 Å². The van der Waals surface area contributed by atoms with Crippen LogP contribution in [0, 0.1) is 0 Å². The summed E-state index contributed by atoms with van der Waals surface area (Å²) in [7, 11) is 0. The quantitative estimate of drug-likeness (QED) is 0.859. The fraction of sp³-hybridized carbons (Fsp3) is 0.412. The van der Waals surface area contributed by atoms with Crippen molar-refractivity contribution in [3.8, 4) is 0 Å². The van der Waals surface area contributed by atoms with Crippen LogP contribution < -0.4 is 5.32 Å². The zero-order chi connectivity index (χ0) is 15.2. The predicted octanol–water partition coefficient (Wildman–Crippen LogP) is 3.61. The molecule has 0 amide bonds.